The van der Waals surface area contributed by atoms with Crippen molar-refractivity contribution < 1.29 is 4.74 Å². The van der Waals surface area contributed by atoms with Gasteiger partial charge in [-0.05, 0) is 37.4 Å². The first-order chi connectivity index (χ1) is 9.70. The van der Waals surface area contributed by atoms with Gasteiger partial charge in [-0.1, -0.05) is 32.4 Å². The van der Waals surface area contributed by atoms with Crippen molar-refractivity contribution in [2.45, 2.75) is 39.7 Å². The highest BCUT2D eigenvalue weighted by molar-refractivity contribution is 5.61. The summed E-state index contributed by atoms with van der Waals surface area (Å²) < 4.78 is 5.87. The SMILES string of the molecule is CCC1(C)CCN(Cc2cccc3c2OCCN3)CC1. The Morgan fingerprint density at radius 3 is 2.85 bits per heavy atom. The first kappa shape index (κ1) is 13.7. The van der Waals surface area contributed by atoms with E-state index in [2.05, 4.69) is 42.3 Å². The van der Waals surface area contributed by atoms with E-state index in [-0.39, 0.29) is 0 Å². The molecular formula is C17H26N2O. The Hall–Kier alpha value is -1.22. The van der Waals surface area contributed by atoms with Crippen LogP contribution >= 0.6 is 0 Å². The normalized spacial score (nSPS) is 21.7. The lowest BCUT2D eigenvalue weighted by Crippen LogP contribution is -2.38. The molecule has 0 bridgehead atoms. The molecule has 0 saturated carbocycles. The molecule has 1 aromatic rings. The fourth-order valence-corrected chi connectivity index (χ4v) is 3.20. The minimum atomic E-state index is 0.560. The largest absolute Gasteiger partial charge is 0.489 e. The summed E-state index contributed by atoms with van der Waals surface area (Å²) in [5, 5.41) is 3.42. The number of hydrogen-bond acceptors (Lipinski definition) is 3. The van der Waals surface area contributed by atoms with Crippen LogP contribution < -0.4 is 10.1 Å². The molecule has 0 spiro atoms. The monoisotopic (exact) mass is 274 g/mol. The topological polar surface area (TPSA) is 24.5 Å². The lowest BCUT2D eigenvalue weighted by molar-refractivity contribution is 0.109. The molecule has 1 fully saturated rings. The average Bonchev–Trinajstić information content (AvgIpc) is 2.50. The number of benzene rings is 1. The van der Waals surface area contributed by atoms with Crippen molar-refractivity contribution >= 4 is 5.69 Å². The van der Waals surface area contributed by atoms with Crippen molar-refractivity contribution in [1.29, 1.82) is 0 Å². The minimum Gasteiger partial charge on any atom is -0.489 e. The van der Waals surface area contributed by atoms with Gasteiger partial charge in [0.05, 0.1) is 5.69 Å². The molecule has 1 saturated heterocycles. The van der Waals surface area contributed by atoms with Gasteiger partial charge in [0.2, 0.25) is 0 Å². The van der Waals surface area contributed by atoms with Crippen LogP contribution in [0.2, 0.25) is 0 Å². The van der Waals surface area contributed by atoms with Crippen LogP contribution in [0.15, 0.2) is 18.2 Å². The molecule has 110 valence electrons. The predicted molar refractivity (Wildman–Crippen MR) is 83.3 cm³/mol. The van der Waals surface area contributed by atoms with Crippen LogP contribution in [-0.2, 0) is 6.54 Å². The van der Waals surface area contributed by atoms with Gasteiger partial charge in [-0.25, -0.2) is 0 Å². The Balaban J connectivity index is 1.67. The summed E-state index contributed by atoms with van der Waals surface area (Å²) in [4.78, 5) is 2.57. The summed E-state index contributed by atoms with van der Waals surface area (Å²) in [7, 11) is 0. The zero-order valence-corrected chi connectivity index (χ0v) is 12.7. The Bertz CT molecular complexity index is 464. The highest BCUT2D eigenvalue weighted by Crippen LogP contribution is 2.36. The van der Waals surface area contributed by atoms with E-state index >= 15 is 0 Å². The molecule has 0 unspecified atom stereocenters. The maximum absolute atomic E-state index is 5.87. The fraction of sp³-hybridized carbons (Fsp3) is 0.647. The number of nitrogens with zero attached hydrogens (tertiary/aromatic N) is 1. The summed E-state index contributed by atoms with van der Waals surface area (Å²) in [6.07, 6.45) is 3.93. The Morgan fingerprint density at radius 2 is 2.10 bits per heavy atom. The van der Waals surface area contributed by atoms with Crippen molar-refractivity contribution in [2.24, 2.45) is 5.41 Å². The average molecular weight is 274 g/mol. The molecule has 1 aromatic carbocycles. The second-order valence-corrected chi connectivity index (χ2v) is 6.51. The Kier molecular flexibility index (Phi) is 3.88. The quantitative estimate of drug-likeness (QED) is 0.913. The molecule has 3 heteroatoms. The van der Waals surface area contributed by atoms with Gasteiger partial charge in [-0.15, -0.1) is 0 Å². The van der Waals surface area contributed by atoms with Crippen molar-refractivity contribution in [3.8, 4) is 5.75 Å². The van der Waals surface area contributed by atoms with Gasteiger partial charge in [0.25, 0.3) is 0 Å². The van der Waals surface area contributed by atoms with Crippen LogP contribution in [0.1, 0.15) is 38.7 Å². The third-order valence-corrected chi connectivity index (χ3v) is 5.07. The molecule has 0 aliphatic carbocycles. The third-order valence-electron chi connectivity index (χ3n) is 5.07. The van der Waals surface area contributed by atoms with Crippen LogP contribution in [0.5, 0.6) is 5.75 Å². The maximum atomic E-state index is 5.87. The number of anilines is 1. The van der Waals surface area contributed by atoms with Crippen molar-refractivity contribution in [2.75, 3.05) is 31.6 Å². The van der Waals surface area contributed by atoms with Crippen LogP contribution in [0, 0.1) is 5.41 Å². The van der Waals surface area contributed by atoms with E-state index in [1.54, 1.807) is 0 Å². The van der Waals surface area contributed by atoms with Gasteiger partial charge in [-0.3, -0.25) is 4.90 Å². The lowest BCUT2D eigenvalue weighted by atomic mass is 9.78. The van der Waals surface area contributed by atoms with Gasteiger partial charge in [-0.2, -0.15) is 0 Å². The minimum absolute atomic E-state index is 0.560. The molecule has 0 radical (unpaired) electrons. The van der Waals surface area contributed by atoms with Gasteiger partial charge >= 0.3 is 0 Å². The Labute approximate surface area is 122 Å². The number of piperidine rings is 1. The number of likely N-dealkylation sites (tertiary alicyclic amines) is 1. The predicted octanol–water partition coefficient (Wildman–Crippen LogP) is 3.50. The van der Waals surface area contributed by atoms with Crippen molar-refractivity contribution in [3.63, 3.8) is 0 Å². The molecule has 0 amide bonds. The second kappa shape index (κ2) is 5.65. The van der Waals surface area contributed by atoms with E-state index in [4.69, 9.17) is 4.74 Å². The Morgan fingerprint density at radius 1 is 1.30 bits per heavy atom. The van der Waals surface area contributed by atoms with Crippen molar-refractivity contribution in [1.82, 2.24) is 4.90 Å². The summed E-state index contributed by atoms with van der Waals surface area (Å²) in [6, 6.07) is 6.46. The molecule has 20 heavy (non-hydrogen) atoms. The molecular weight excluding hydrogens is 248 g/mol. The first-order valence-electron chi connectivity index (χ1n) is 7.91. The van der Waals surface area contributed by atoms with E-state index in [1.165, 1.54) is 37.9 Å². The van der Waals surface area contributed by atoms with E-state index in [9.17, 15) is 0 Å². The third kappa shape index (κ3) is 2.78. The molecule has 2 aliphatic rings. The van der Waals surface area contributed by atoms with Crippen LogP contribution in [0.25, 0.3) is 0 Å². The van der Waals surface area contributed by atoms with E-state index in [1.807, 2.05) is 0 Å². The summed E-state index contributed by atoms with van der Waals surface area (Å²) in [6.45, 7) is 9.88. The summed E-state index contributed by atoms with van der Waals surface area (Å²) >= 11 is 0. The van der Waals surface area contributed by atoms with Gasteiger partial charge < -0.3 is 10.1 Å². The number of fused-ring (bicyclic) bond motifs is 1. The van der Waals surface area contributed by atoms with Gasteiger partial charge in [0, 0.05) is 18.7 Å². The second-order valence-electron chi connectivity index (χ2n) is 6.51. The smallest absolute Gasteiger partial charge is 0.146 e. The molecule has 2 aliphatic heterocycles. The number of rotatable bonds is 3. The number of hydrogen-bond donors (Lipinski definition) is 1. The standard InChI is InChI=1S/C17H26N2O/c1-3-17(2)7-10-19(11-8-17)13-14-5-4-6-15-16(14)20-12-9-18-15/h4-6,18H,3,7-13H2,1-2H3. The van der Waals surface area contributed by atoms with Crippen LogP contribution in [0.4, 0.5) is 5.69 Å². The fourth-order valence-electron chi connectivity index (χ4n) is 3.20. The van der Waals surface area contributed by atoms with Crippen LogP contribution in [-0.4, -0.2) is 31.1 Å². The van der Waals surface area contributed by atoms with E-state index in [0.717, 1.165) is 31.1 Å². The van der Waals surface area contributed by atoms with Crippen molar-refractivity contribution in [3.05, 3.63) is 23.8 Å². The summed E-state index contributed by atoms with van der Waals surface area (Å²) in [5.41, 5.74) is 3.05. The van der Waals surface area contributed by atoms with E-state index < -0.39 is 0 Å². The lowest BCUT2D eigenvalue weighted by Gasteiger charge is -2.39. The first-order valence-corrected chi connectivity index (χ1v) is 7.91. The highest BCUT2D eigenvalue weighted by atomic mass is 16.5. The zero-order valence-electron chi connectivity index (χ0n) is 12.7. The number of ether oxygens (including phenoxy) is 1. The molecule has 3 rings (SSSR count). The molecule has 0 atom stereocenters. The number of para-hydroxylation sites is 1. The molecule has 3 nitrogen and oxygen atoms in total. The molecule has 1 N–H and O–H groups in total. The maximum Gasteiger partial charge on any atom is 0.146 e. The zero-order chi connectivity index (χ0) is 14.0. The number of nitrogens with one attached hydrogen (secondary N) is 1. The van der Waals surface area contributed by atoms with Gasteiger partial charge in [0.15, 0.2) is 0 Å². The summed E-state index contributed by atoms with van der Waals surface area (Å²) in [5.74, 6) is 1.07. The van der Waals surface area contributed by atoms with E-state index in [0.29, 0.717) is 5.41 Å². The highest BCUT2D eigenvalue weighted by Gasteiger charge is 2.28. The molecule has 0 aromatic heterocycles. The van der Waals surface area contributed by atoms with Gasteiger partial charge in [0.1, 0.15) is 12.4 Å². The molecule has 2 heterocycles. The van der Waals surface area contributed by atoms with Crippen LogP contribution in [0.3, 0.4) is 0 Å².